The molecule has 2 aliphatic heterocycles. The van der Waals surface area contributed by atoms with Gasteiger partial charge in [-0.3, -0.25) is 9.59 Å². The summed E-state index contributed by atoms with van der Waals surface area (Å²) in [6.45, 7) is 4.09. The molecule has 1 saturated heterocycles. The molecular formula is C19H25N3O2. The maximum absolute atomic E-state index is 13.0. The van der Waals surface area contributed by atoms with E-state index in [0.29, 0.717) is 5.92 Å². The fourth-order valence-electron chi connectivity index (χ4n) is 4.75. The Morgan fingerprint density at radius 1 is 1.33 bits per heavy atom. The monoisotopic (exact) mass is 327 g/mol. The van der Waals surface area contributed by atoms with Crippen molar-refractivity contribution in [3.05, 3.63) is 23.8 Å². The predicted octanol–water partition coefficient (Wildman–Crippen LogP) is 2.31. The predicted molar refractivity (Wildman–Crippen MR) is 94.1 cm³/mol. The van der Waals surface area contributed by atoms with E-state index in [1.54, 1.807) is 11.8 Å². The number of rotatable bonds is 2. The minimum Gasteiger partial charge on any atom is -0.326 e. The molecule has 0 spiro atoms. The van der Waals surface area contributed by atoms with Gasteiger partial charge in [0.1, 0.15) is 0 Å². The molecule has 2 atom stereocenters. The van der Waals surface area contributed by atoms with Gasteiger partial charge in [0, 0.05) is 31.4 Å². The third-order valence-corrected chi connectivity index (χ3v) is 6.10. The second kappa shape index (κ2) is 5.88. The lowest BCUT2D eigenvalue weighted by Crippen LogP contribution is -2.44. The van der Waals surface area contributed by atoms with E-state index in [9.17, 15) is 9.59 Å². The van der Waals surface area contributed by atoms with Gasteiger partial charge in [0.25, 0.3) is 0 Å². The van der Waals surface area contributed by atoms with Gasteiger partial charge >= 0.3 is 0 Å². The summed E-state index contributed by atoms with van der Waals surface area (Å²) in [6.07, 6.45) is 5.37. The maximum Gasteiger partial charge on any atom is 0.232 e. The Labute approximate surface area is 142 Å². The quantitative estimate of drug-likeness (QED) is 0.876. The molecule has 0 aromatic heterocycles. The molecule has 2 fully saturated rings. The van der Waals surface area contributed by atoms with Crippen molar-refractivity contribution in [3.8, 4) is 0 Å². The van der Waals surface area contributed by atoms with Gasteiger partial charge in [-0.25, -0.2) is 0 Å². The van der Waals surface area contributed by atoms with Crippen LogP contribution in [0.15, 0.2) is 18.2 Å². The molecule has 3 aliphatic rings. The summed E-state index contributed by atoms with van der Waals surface area (Å²) in [5, 5.41) is 6.59. The Morgan fingerprint density at radius 2 is 2.21 bits per heavy atom. The fraction of sp³-hybridized carbons (Fsp3) is 0.579. The van der Waals surface area contributed by atoms with Crippen LogP contribution in [-0.4, -0.2) is 31.4 Å². The molecule has 1 aromatic rings. The Bertz CT molecular complexity index is 687. The summed E-state index contributed by atoms with van der Waals surface area (Å²) in [5.41, 5.74) is 2.75. The molecule has 0 radical (unpaired) electrons. The van der Waals surface area contributed by atoms with Crippen molar-refractivity contribution in [1.29, 1.82) is 0 Å². The highest BCUT2D eigenvalue weighted by Gasteiger charge is 2.49. The van der Waals surface area contributed by atoms with Gasteiger partial charge in [-0.2, -0.15) is 0 Å². The van der Waals surface area contributed by atoms with Crippen LogP contribution in [0.5, 0.6) is 0 Å². The van der Waals surface area contributed by atoms with Gasteiger partial charge in [-0.15, -0.1) is 0 Å². The van der Waals surface area contributed by atoms with E-state index in [2.05, 4.69) is 10.6 Å². The molecule has 2 amide bonds. The average molecular weight is 327 g/mol. The van der Waals surface area contributed by atoms with E-state index in [0.717, 1.165) is 62.3 Å². The fourth-order valence-corrected chi connectivity index (χ4v) is 4.75. The average Bonchev–Trinajstić information content (AvgIpc) is 3.19. The van der Waals surface area contributed by atoms with Crippen molar-refractivity contribution in [2.24, 2.45) is 11.3 Å². The Kier molecular flexibility index (Phi) is 3.83. The van der Waals surface area contributed by atoms with Gasteiger partial charge in [-0.1, -0.05) is 12.8 Å². The molecule has 1 aromatic carbocycles. The molecule has 2 heterocycles. The van der Waals surface area contributed by atoms with Crippen molar-refractivity contribution in [3.63, 3.8) is 0 Å². The number of fused-ring (bicyclic) bond motifs is 2. The first-order valence-corrected chi connectivity index (χ1v) is 9.03. The van der Waals surface area contributed by atoms with Gasteiger partial charge in [0.2, 0.25) is 11.8 Å². The number of anilines is 2. The molecule has 4 rings (SSSR count). The zero-order valence-corrected chi connectivity index (χ0v) is 14.2. The van der Waals surface area contributed by atoms with E-state index >= 15 is 0 Å². The second-order valence-corrected chi connectivity index (χ2v) is 7.45. The number of amides is 2. The van der Waals surface area contributed by atoms with Crippen molar-refractivity contribution in [2.75, 3.05) is 29.9 Å². The van der Waals surface area contributed by atoms with Gasteiger partial charge in [0.15, 0.2) is 0 Å². The summed E-state index contributed by atoms with van der Waals surface area (Å²) in [7, 11) is 0. The van der Waals surface area contributed by atoms with Crippen LogP contribution in [0.4, 0.5) is 11.4 Å². The Morgan fingerprint density at radius 3 is 3.04 bits per heavy atom. The van der Waals surface area contributed by atoms with Crippen LogP contribution in [0, 0.1) is 11.3 Å². The topological polar surface area (TPSA) is 61.4 Å². The lowest BCUT2D eigenvalue weighted by Gasteiger charge is -2.37. The molecule has 5 nitrogen and oxygen atoms in total. The summed E-state index contributed by atoms with van der Waals surface area (Å²) < 4.78 is 0. The van der Waals surface area contributed by atoms with E-state index < -0.39 is 0 Å². The van der Waals surface area contributed by atoms with E-state index in [-0.39, 0.29) is 17.2 Å². The number of nitrogens with one attached hydrogen (secondary N) is 2. The number of benzene rings is 1. The Hall–Kier alpha value is -1.88. The lowest BCUT2D eigenvalue weighted by molar-refractivity contribution is -0.128. The van der Waals surface area contributed by atoms with Crippen molar-refractivity contribution in [2.45, 2.75) is 39.0 Å². The van der Waals surface area contributed by atoms with E-state index in [4.69, 9.17) is 0 Å². The largest absolute Gasteiger partial charge is 0.326 e. The van der Waals surface area contributed by atoms with E-state index in [1.165, 1.54) is 6.42 Å². The highest BCUT2D eigenvalue weighted by atomic mass is 16.2. The lowest BCUT2D eigenvalue weighted by atomic mass is 9.67. The minimum atomic E-state index is -0.233. The molecular weight excluding hydrogens is 302 g/mol. The van der Waals surface area contributed by atoms with Crippen LogP contribution in [0.3, 0.4) is 0 Å². The first kappa shape index (κ1) is 15.6. The SMILES string of the molecule is CC(=O)N1CCc2cc(NC(=O)[C@@]34CCCC[C@H]3CNC4)ccc21. The van der Waals surface area contributed by atoms with Crippen molar-refractivity contribution in [1.82, 2.24) is 5.32 Å². The summed E-state index contributed by atoms with van der Waals surface area (Å²) in [5.74, 6) is 0.707. The summed E-state index contributed by atoms with van der Waals surface area (Å²) in [6, 6.07) is 5.92. The Balaban J connectivity index is 1.54. The molecule has 5 heteroatoms. The minimum absolute atomic E-state index is 0.0755. The van der Waals surface area contributed by atoms with Crippen LogP contribution >= 0.6 is 0 Å². The first-order valence-electron chi connectivity index (χ1n) is 9.03. The number of carbonyl (C=O) groups is 2. The third-order valence-electron chi connectivity index (χ3n) is 6.10. The standard InChI is InChI=1S/C19H25N3O2/c1-13(23)22-9-7-14-10-16(5-6-17(14)22)21-18(24)19-8-3-2-4-15(19)11-20-12-19/h5-6,10,15,20H,2-4,7-9,11-12H2,1H3,(H,21,24)/t15-,19+/m0/s1. The highest BCUT2D eigenvalue weighted by Crippen LogP contribution is 2.44. The van der Waals surface area contributed by atoms with Gasteiger partial charge in [0.05, 0.1) is 5.41 Å². The molecule has 1 saturated carbocycles. The molecule has 0 unspecified atom stereocenters. The van der Waals surface area contributed by atoms with Crippen LogP contribution in [0.2, 0.25) is 0 Å². The smallest absolute Gasteiger partial charge is 0.232 e. The summed E-state index contributed by atoms with van der Waals surface area (Å²) in [4.78, 5) is 26.5. The van der Waals surface area contributed by atoms with Crippen LogP contribution in [-0.2, 0) is 16.0 Å². The van der Waals surface area contributed by atoms with Crippen LogP contribution in [0.25, 0.3) is 0 Å². The van der Waals surface area contributed by atoms with Crippen LogP contribution in [0.1, 0.15) is 38.2 Å². The molecule has 2 N–H and O–H groups in total. The van der Waals surface area contributed by atoms with Crippen molar-refractivity contribution < 1.29 is 9.59 Å². The normalized spacial score (nSPS) is 28.4. The summed E-state index contributed by atoms with van der Waals surface area (Å²) >= 11 is 0. The molecule has 128 valence electrons. The maximum atomic E-state index is 13.0. The molecule has 24 heavy (non-hydrogen) atoms. The number of hydrogen-bond acceptors (Lipinski definition) is 3. The van der Waals surface area contributed by atoms with Gasteiger partial charge < -0.3 is 15.5 Å². The van der Waals surface area contributed by atoms with Gasteiger partial charge in [-0.05, 0) is 55.5 Å². The first-order chi connectivity index (χ1) is 11.6. The van der Waals surface area contributed by atoms with Crippen LogP contribution < -0.4 is 15.5 Å². The van der Waals surface area contributed by atoms with E-state index in [1.807, 2.05) is 18.2 Å². The highest BCUT2D eigenvalue weighted by molar-refractivity contribution is 5.98. The number of hydrogen-bond donors (Lipinski definition) is 2. The molecule has 1 aliphatic carbocycles. The second-order valence-electron chi connectivity index (χ2n) is 7.45. The zero-order valence-electron chi connectivity index (χ0n) is 14.2. The molecule has 0 bridgehead atoms. The number of carbonyl (C=O) groups excluding carboxylic acids is 2. The zero-order chi connectivity index (χ0) is 16.7. The number of nitrogens with zero attached hydrogens (tertiary/aromatic N) is 1. The third kappa shape index (κ3) is 2.42. The van der Waals surface area contributed by atoms with Crippen molar-refractivity contribution >= 4 is 23.2 Å².